The van der Waals surface area contributed by atoms with Crippen LogP contribution in [0.1, 0.15) is 16.8 Å². The standard InChI is InChI=1S/C22H20ClFN2O4/c1-29-7-8-30-22(28)11-16-4-2-3-15(9-16)10-20-21(27)5-6-26(25-20)19-13-17(23)12-18(24)14-19/h2-6,9,12-14H,7-8,10-11H2,1H3. The number of esters is 1. The minimum Gasteiger partial charge on any atom is -0.463 e. The minimum absolute atomic E-state index is 0.117. The Morgan fingerprint density at radius 1 is 1.13 bits per heavy atom. The van der Waals surface area contributed by atoms with Crippen molar-refractivity contribution < 1.29 is 18.7 Å². The molecule has 8 heteroatoms. The van der Waals surface area contributed by atoms with Gasteiger partial charge >= 0.3 is 5.97 Å². The second-order valence-electron chi connectivity index (χ2n) is 6.59. The number of nitrogens with zero attached hydrogens (tertiary/aromatic N) is 2. The largest absolute Gasteiger partial charge is 0.463 e. The molecule has 0 radical (unpaired) electrons. The Bertz CT molecular complexity index is 1080. The monoisotopic (exact) mass is 430 g/mol. The molecule has 0 N–H and O–H groups in total. The Kier molecular flexibility index (Phi) is 7.32. The van der Waals surface area contributed by atoms with E-state index in [4.69, 9.17) is 21.1 Å². The van der Waals surface area contributed by atoms with Crippen molar-refractivity contribution in [3.8, 4) is 5.69 Å². The highest BCUT2D eigenvalue weighted by molar-refractivity contribution is 6.30. The van der Waals surface area contributed by atoms with Gasteiger partial charge in [-0.1, -0.05) is 35.9 Å². The van der Waals surface area contributed by atoms with Gasteiger partial charge in [0.05, 0.1) is 18.7 Å². The van der Waals surface area contributed by atoms with Gasteiger partial charge in [0.2, 0.25) is 5.43 Å². The van der Waals surface area contributed by atoms with E-state index in [0.29, 0.717) is 12.3 Å². The van der Waals surface area contributed by atoms with Crippen LogP contribution in [0.15, 0.2) is 59.5 Å². The summed E-state index contributed by atoms with van der Waals surface area (Å²) in [4.78, 5) is 24.2. The zero-order valence-electron chi connectivity index (χ0n) is 16.3. The molecule has 0 aliphatic carbocycles. The molecule has 156 valence electrons. The fourth-order valence-corrected chi connectivity index (χ4v) is 3.10. The lowest BCUT2D eigenvalue weighted by atomic mass is 10.0. The zero-order chi connectivity index (χ0) is 21.5. The van der Waals surface area contributed by atoms with E-state index in [1.807, 2.05) is 18.2 Å². The smallest absolute Gasteiger partial charge is 0.310 e. The van der Waals surface area contributed by atoms with Gasteiger partial charge in [-0.15, -0.1) is 0 Å². The fraction of sp³-hybridized carbons (Fsp3) is 0.227. The lowest BCUT2D eigenvalue weighted by Gasteiger charge is -2.09. The third-order valence-corrected chi connectivity index (χ3v) is 4.47. The number of hydrogen-bond acceptors (Lipinski definition) is 5. The minimum atomic E-state index is -0.496. The van der Waals surface area contributed by atoms with E-state index < -0.39 is 5.82 Å². The summed E-state index contributed by atoms with van der Waals surface area (Å²) in [6.45, 7) is 0.543. The summed E-state index contributed by atoms with van der Waals surface area (Å²) in [5.41, 5.74) is 2.05. The highest BCUT2D eigenvalue weighted by Gasteiger charge is 2.10. The second kappa shape index (κ2) is 10.1. The van der Waals surface area contributed by atoms with Crippen molar-refractivity contribution in [2.45, 2.75) is 12.8 Å². The predicted octanol–water partition coefficient (Wildman–Crippen LogP) is 3.35. The molecule has 30 heavy (non-hydrogen) atoms. The molecule has 0 unspecified atom stereocenters. The summed E-state index contributed by atoms with van der Waals surface area (Å²) in [7, 11) is 1.53. The zero-order valence-corrected chi connectivity index (χ0v) is 17.1. The molecular formula is C22H20ClFN2O4. The van der Waals surface area contributed by atoms with E-state index in [1.54, 1.807) is 12.1 Å². The van der Waals surface area contributed by atoms with Gasteiger partial charge in [0.15, 0.2) is 0 Å². The normalized spacial score (nSPS) is 10.8. The molecule has 6 nitrogen and oxygen atoms in total. The van der Waals surface area contributed by atoms with Gasteiger partial charge in [0.1, 0.15) is 18.1 Å². The van der Waals surface area contributed by atoms with E-state index in [-0.39, 0.29) is 41.6 Å². The number of methoxy groups -OCH3 is 1. The number of benzene rings is 2. The number of aromatic nitrogens is 2. The van der Waals surface area contributed by atoms with E-state index >= 15 is 0 Å². The van der Waals surface area contributed by atoms with Gasteiger partial charge in [-0.3, -0.25) is 9.59 Å². The van der Waals surface area contributed by atoms with E-state index in [2.05, 4.69) is 5.10 Å². The molecule has 0 fully saturated rings. The van der Waals surface area contributed by atoms with Crippen molar-refractivity contribution in [3.63, 3.8) is 0 Å². The predicted molar refractivity (Wildman–Crippen MR) is 111 cm³/mol. The van der Waals surface area contributed by atoms with Crippen LogP contribution in [0.5, 0.6) is 0 Å². The van der Waals surface area contributed by atoms with Gasteiger partial charge in [-0.05, 0) is 29.3 Å². The van der Waals surface area contributed by atoms with Crippen LogP contribution in [-0.2, 0) is 27.1 Å². The number of rotatable bonds is 8. The Labute approximate surface area is 177 Å². The first-order chi connectivity index (χ1) is 14.4. The Morgan fingerprint density at radius 3 is 2.70 bits per heavy atom. The first-order valence-electron chi connectivity index (χ1n) is 9.22. The molecule has 0 spiro atoms. The van der Waals surface area contributed by atoms with Crippen LogP contribution < -0.4 is 5.43 Å². The molecule has 0 atom stereocenters. The number of carbonyl (C=O) groups excluding carboxylic acids is 1. The molecule has 3 aromatic rings. The topological polar surface area (TPSA) is 70.4 Å². The van der Waals surface area contributed by atoms with Gasteiger partial charge in [-0.2, -0.15) is 5.10 Å². The van der Waals surface area contributed by atoms with Crippen LogP contribution in [0.3, 0.4) is 0 Å². The molecule has 1 aromatic heterocycles. The number of hydrogen-bond donors (Lipinski definition) is 0. The number of halogens is 2. The van der Waals surface area contributed by atoms with Crippen LogP contribution in [0, 0.1) is 5.82 Å². The van der Waals surface area contributed by atoms with E-state index in [0.717, 1.165) is 11.1 Å². The molecule has 3 rings (SSSR count). The summed E-state index contributed by atoms with van der Waals surface area (Å²) in [5, 5.41) is 4.57. The molecule has 1 heterocycles. The quantitative estimate of drug-likeness (QED) is 0.405. The fourth-order valence-electron chi connectivity index (χ4n) is 2.88. The van der Waals surface area contributed by atoms with Gasteiger partial charge in [0, 0.05) is 30.8 Å². The molecule has 0 saturated carbocycles. The lowest BCUT2D eigenvalue weighted by Crippen LogP contribution is -2.16. The van der Waals surface area contributed by atoms with Crippen molar-refractivity contribution in [1.29, 1.82) is 0 Å². The first-order valence-corrected chi connectivity index (χ1v) is 9.60. The molecule has 0 saturated heterocycles. The Morgan fingerprint density at radius 2 is 1.93 bits per heavy atom. The van der Waals surface area contributed by atoms with Gasteiger partial charge < -0.3 is 9.47 Å². The van der Waals surface area contributed by atoms with Crippen molar-refractivity contribution >= 4 is 17.6 Å². The van der Waals surface area contributed by atoms with Gasteiger partial charge in [-0.25, -0.2) is 9.07 Å². The molecule has 0 aliphatic rings. The maximum absolute atomic E-state index is 13.7. The average molecular weight is 431 g/mol. The van der Waals surface area contributed by atoms with Crippen LogP contribution in [0.4, 0.5) is 4.39 Å². The summed E-state index contributed by atoms with van der Waals surface area (Å²) >= 11 is 5.91. The summed E-state index contributed by atoms with van der Waals surface area (Å²) in [6.07, 6.45) is 1.84. The number of carbonyl (C=O) groups is 1. The van der Waals surface area contributed by atoms with Crippen molar-refractivity contribution in [2.24, 2.45) is 0 Å². The third-order valence-electron chi connectivity index (χ3n) is 4.25. The Hall–Kier alpha value is -3.03. The van der Waals surface area contributed by atoms with Crippen LogP contribution in [0.2, 0.25) is 5.02 Å². The number of ether oxygens (including phenoxy) is 2. The highest BCUT2D eigenvalue weighted by atomic mass is 35.5. The highest BCUT2D eigenvalue weighted by Crippen LogP contribution is 2.17. The van der Waals surface area contributed by atoms with Crippen molar-refractivity contribution in [1.82, 2.24) is 9.78 Å². The van der Waals surface area contributed by atoms with Crippen LogP contribution >= 0.6 is 11.6 Å². The first kappa shape index (κ1) is 21.7. The van der Waals surface area contributed by atoms with E-state index in [1.165, 1.54) is 36.2 Å². The van der Waals surface area contributed by atoms with Crippen molar-refractivity contribution in [2.75, 3.05) is 20.3 Å². The molecular weight excluding hydrogens is 411 g/mol. The van der Waals surface area contributed by atoms with Crippen LogP contribution in [-0.4, -0.2) is 36.1 Å². The van der Waals surface area contributed by atoms with Crippen molar-refractivity contribution in [3.05, 3.63) is 92.6 Å². The molecule has 2 aromatic carbocycles. The average Bonchev–Trinajstić information content (AvgIpc) is 2.69. The van der Waals surface area contributed by atoms with Crippen LogP contribution in [0.25, 0.3) is 5.69 Å². The summed E-state index contributed by atoms with van der Waals surface area (Å²) in [5.74, 6) is -0.850. The SMILES string of the molecule is COCCOC(=O)Cc1cccc(Cc2nn(-c3cc(F)cc(Cl)c3)ccc2=O)c1. The van der Waals surface area contributed by atoms with Gasteiger partial charge in [0.25, 0.3) is 0 Å². The second-order valence-corrected chi connectivity index (χ2v) is 7.02. The summed E-state index contributed by atoms with van der Waals surface area (Å²) < 4.78 is 25.0. The maximum Gasteiger partial charge on any atom is 0.310 e. The summed E-state index contributed by atoms with van der Waals surface area (Å²) in [6, 6.07) is 12.7. The third kappa shape index (κ3) is 5.98. The molecule has 0 aliphatic heterocycles. The Balaban J connectivity index is 1.78. The molecule has 0 bridgehead atoms. The molecule has 0 amide bonds. The van der Waals surface area contributed by atoms with E-state index in [9.17, 15) is 14.0 Å². The maximum atomic E-state index is 13.7. The lowest BCUT2D eigenvalue weighted by molar-refractivity contribution is -0.144.